The van der Waals surface area contributed by atoms with Crippen LogP contribution in [0.3, 0.4) is 0 Å². The van der Waals surface area contributed by atoms with E-state index in [0.29, 0.717) is 11.3 Å². The first kappa shape index (κ1) is 16.6. The third-order valence-corrected chi connectivity index (χ3v) is 6.13. The fraction of sp³-hybridized carbons (Fsp3) is 0.150. The lowest BCUT2D eigenvalue weighted by Crippen LogP contribution is -2.13. The van der Waals surface area contributed by atoms with Crippen molar-refractivity contribution in [2.24, 2.45) is 0 Å². The van der Waals surface area contributed by atoms with Crippen LogP contribution in [0.25, 0.3) is 10.8 Å². The van der Waals surface area contributed by atoms with Crippen LogP contribution < -0.4 is 4.72 Å². The molecule has 6 heteroatoms. The maximum atomic E-state index is 12.9. The van der Waals surface area contributed by atoms with Gasteiger partial charge in [0.15, 0.2) is 0 Å². The average Bonchev–Trinajstić information content (AvgIpc) is 3.01. The number of aliphatic carboxylic acids is 1. The summed E-state index contributed by atoms with van der Waals surface area (Å²) in [4.78, 5) is 11.0. The lowest BCUT2D eigenvalue weighted by atomic mass is 10.1. The van der Waals surface area contributed by atoms with Crippen LogP contribution in [-0.4, -0.2) is 19.5 Å². The van der Waals surface area contributed by atoms with Crippen LogP contribution in [0.2, 0.25) is 0 Å². The van der Waals surface area contributed by atoms with E-state index >= 15 is 0 Å². The molecule has 0 fully saturated rings. The third-order valence-electron chi connectivity index (χ3n) is 4.69. The molecule has 3 aromatic carbocycles. The Kier molecular flexibility index (Phi) is 3.92. The summed E-state index contributed by atoms with van der Waals surface area (Å²) in [5, 5.41) is 10.6. The van der Waals surface area contributed by atoms with Crippen LogP contribution in [0.15, 0.2) is 59.5 Å². The molecule has 1 aliphatic carbocycles. The van der Waals surface area contributed by atoms with E-state index in [-0.39, 0.29) is 11.3 Å². The van der Waals surface area contributed by atoms with Crippen molar-refractivity contribution in [3.8, 4) is 0 Å². The van der Waals surface area contributed by atoms with E-state index in [9.17, 15) is 13.2 Å². The van der Waals surface area contributed by atoms with E-state index in [1.807, 2.05) is 24.3 Å². The number of aryl methyl sites for hydroxylation is 2. The molecule has 0 aliphatic heterocycles. The summed E-state index contributed by atoms with van der Waals surface area (Å²) in [5.41, 5.74) is 3.40. The highest BCUT2D eigenvalue weighted by atomic mass is 32.2. The average molecular weight is 367 g/mol. The first-order valence-electron chi connectivity index (χ1n) is 8.31. The number of rotatable bonds is 5. The predicted octanol–water partition coefficient (Wildman–Crippen LogP) is 3.37. The van der Waals surface area contributed by atoms with Gasteiger partial charge in [-0.15, -0.1) is 0 Å². The standard InChI is InChI=1S/C20H17NO4S/c22-19(23)12-13-4-9-16(10-5-13)21-26(24,25)18-11-8-15-7-6-14-2-1-3-17(18)20(14)15/h1-5,8-11,21H,6-7,12H2,(H,22,23). The molecule has 132 valence electrons. The SMILES string of the molecule is O=C(O)Cc1ccc(NS(=O)(=O)c2ccc3c4c(cccc24)CC3)cc1. The summed E-state index contributed by atoms with van der Waals surface area (Å²) < 4.78 is 28.4. The number of sulfonamides is 1. The first-order valence-corrected chi connectivity index (χ1v) is 9.79. The Hall–Kier alpha value is -2.86. The minimum Gasteiger partial charge on any atom is -0.481 e. The normalized spacial score (nSPS) is 13.1. The molecule has 0 heterocycles. The molecule has 0 spiro atoms. The third kappa shape index (κ3) is 2.93. The lowest BCUT2D eigenvalue weighted by Gasteiger charge is -2.12. The number of hydrogen-bond acceptors (Lipinski definition) is 3. The molecular weight excluding hydrogens is 350 g/mol. The van der Waals surface area contributed by atoms with Crippen LogP contribution in [0.5, 0.6) is 0 Å². The number of hydrogen-bond donors (Lipinski definition) is 2. The van der Waals surface area contributed by atoms with Gasteiger partial charge in [-0.3, -0.25) is 9.52 Å². The molecule has 0 amide bonds. The van der Waals surface area contributed by atoms with Crippen LogP contribution in [0.1, 0.15) is 16.7 Å². The highest BCUT2D eigenvalue weighted by molar-refractivity contribution is 7.93. The Morgan fingerprint density at radius 2 is 1.65 bits per heavy atom. The molecule has 1 aliphatic rings. The van der Waals surface area contributed by atoms with Crippen molar-refractivity contribution < 1.29 is 18.3 Å². The number of benzene rings is 3. The molecule has 0 aromatic heterocycles. The topological polar surface area (TPSA) is 83.5 Å². The fourth-order valence-corrected chi connectivity index (χ4v) is 4.79. The highest BCUT2D eigenvalue weighted by Crippen LogP contribution is 2.35. The van der Waals surface area contributed by atoms with E-state index in [1.54, 1.807) is 30.3 Å². The minimum absolute atomic E-state index is 0.0953. The maximum absolute atomic E-state index is 12.9. The Bertz CT molecular complexity index is 1110. The first-order chi connectivity index (χ1) is 12.4. The van der Waals surface area contributed by atoms with Crippen LogP contribution in [-0.2, 0) is 34.1 Å². The summed E-state index contributed by atoms with van der Waals surface area (Å²) in [6.07, 6.45) is 1.78. The number of nitrogens with one attached hydrogen (secondary N) is 1. The van der Waals surface area contributed by atoms with Gasteiger partial charge in [0.2, 0.25) is 0 Å². The fourth-order valence-electron chi connectivity index (χ4n) is 3.53. The van der Waals surface area contributed by atoms with E-state index < -0.39 is 16.0 Å². The number of carboxylic acid groups (broad SMARTS) is 1. The second kappa shape index (κ2) is 6.14. The van der Waals surface area contributed by atoms with Gasteiger partial charge in [0.25, 0.3) is 10.0 Å². The van der Waals surface area contributed by atoms with Gasteiger partial charge in [-0.25, -0.2) is 8.42 Å². The Labute approximate surface area is 151 Å². The quantitative estimate of drug-likeness (QED) is 0.724. The molecule has 0 saturated heterocycles. The van der Waals surface area contributed by atoms with Gasteiger partial charge in [0.1, 0.15) is 0 Å². The maximum Gasteiger partial charge on any atom is 0.307 e. The Morgan fingerprint density at radius 3 is 2.35 bits per heavy atom. The molecule has 5 nitrogen and oxygen atoms in total. The van der Waals surface area contributed by atoms with Gasteiger partial charge in [0.05, 0.1) is 11.3 Å². The molecule has 3 aromatic rings. The van der Waals surface area contributed by atoms with Crippen LogP contribution in [0.4, 0.5) is 5.69 Å². The summed E-state index contributed by atoms with van der Waals surface area (Å²) >= 11 is 0. The Morgan fingerprint density at radius 1 is 0.962 bits per heavy atom. The molecule has 0 radical (unpaired) electrons. The van der Waals surface area contributed by atoms with Gasteiger partial charge >= 0.3 is 5.97 Å². The molecule has 4 rings (SSSR count). The van der Waals surface area contributed by atoms with Crippen LogP contribution >= 0.6 is 0 Å². The minimum atomic E-state index is -3.75. The molecule has 26 heavy (non-hydrogen) atoms. The second-order valence-electron chi connectivity index (χ2n) is 6.44. The van der Waals surface area contributed by atoms with Gasteiger partial charge in [-0.1, -0.05) is 36.4 Å². The van der Waals surface area contributed by atoms with Crippen molar-refractivity contribution in [1.29, 1.82) is 0 Å². The zero-order valence-corrected chi connectivity index (χ0v) is 14.7. The number of carboxylic acids is 1. The van der Waals surface area contributed by atoms with E-state index in [0.717, 1.165) is 23.6 Å². The van der Waals surface area contributed by atoms with E-state index in [2.05, 4.69) is 4.72 Å². The van der Waals surface area contributed by atoms with Crippen molar-refractivity contribution in [3.63, 3.8) is 0 Å². The van der Waals surface area contributed by atoms with Gasteiger partial charge in [-0.05, 0) is 53.1 Å². The lowest BCUT2D eigenvalue weighted by molar-refractivity contribution is -0.136. The molecule has 0 bridgehead atoms. The molecule has 0 atom stereocenters. The van der Waals surface area contributed by atoms with Crippen molar-refractivity contribution in [2.45, 2.75) is 24.2 Å². The van der Waals surface area contributed by atoms with E-state index in [1.165, 1.54) is 11.1 Å². The number of carbonyl (C=O) groups is 1. The summed E-state index contributed by atoms with van der Waals surface area (Å²) in [7, 11) is -3.75. The van der Waals surface area contributed by atoms with Crippen LogP contribution in [0, 0.1) is 0 Å². The second-order valence-corrected chi connectivity index (χ2v) is 8.09. The predicted molar refractivity (Wildman–Crippen MR) is 99.9 cm³/mol. The zero-order valence-electron chi connectivity index (χ0n) is 13.9. The zero-order chi connectivity index (χ0) is 18.3. The van der Waals surface area contributed by atoms with Crippen molar-refractivity contribution in [2.75, 3.05) is 4.72 Å². The molecular formula is C20H17NO4S. The van der Waals surface area contributed by atoms with Gasteiger partial charge < -0.3 is 5.11 Å². The van der Waals surface area contributed by atoms with E-state index in [4.69, 9.17) is 5.11 Å². The summed E-state index contributed by atoms with van der Waals surface area (Å²) in [5.74, 6) is -0.925. The molecule has 0 saturated carbocycles. The van der Waals surface area contributed by atoms with Crippen molar-refractivity contribution in [3.05, 3.63) is 71.3 Å². The Balaban J connectivity index is 1.70. The van der Waals surface area contributed by atoms with Crippen molar-refractivity contribution in [1.82, 2.24) is 0 Å². The largest absolute Gasteiger partial charge is 0.481 e. The monoisotopic (exact) mass is 367 g/mol. The number of anilines is 1. The van der Waals surface area contributed by atoms with Gasteiger partial charge in [-0.2, -0.15) is 0 Å². The molecule has 0 unspecified atom stereocenters. The highest BCUT2D eigenvalue weighted by Gasteiger charge is 2.22. The summed E-state index contributed by atoms with van der Waals surface area (Å²) in [6.45, 7) is 0. The van der Waals surface area contributed by atoms with Crippen molar-refractivity contribution >= 4 is 32.5 Å². The smallest absolute Gasteiger partial charge is 0.307 e. The summed E-state index contributed by atoms with van der Waals surface area (Å²) in [6, 6.07) is 15.7. The van der Waals surface area contributed by atoms with Gasteiger partial charge in [0, 0.05) is 11.1 Å². The molecule has 2 N–H and O–H groups in total.